The maximum atomic E-state index is 5.47. The highest BCUT2D eigenvalue weighted by Crippen LogP contribution is 2.35. The highest BCUT2D eigenvalue weighted by molar-refractivity contribution is 7.10. The second-order valence-corrected chi connectivity index (χ2v) is 6.26. The molecule has 0 saturated heterocycles. The molecule has 0 radical (unpaired) electrons. The highest BCUT2D eigenvalue weighted by Gasteiger charge is 2.19. The van der Waals surface area contributed by atoms with Crippen molar-refractivity contribution < 1.29 is 4.74 Å². The lowest BCUT2D eigenvalue weighted by Gasteiger charge is -2.21. The number of rotatable bonds is 4. The number of aryl methyl sites for hydroxylation is 2. The molecule has 106 valence electrons. The first-order valence-corrected chi connectivity index (χ1v) is 8.12. The molecule has 2 aromatic rings. The van der Waals surface area contributed by atoms with E-state index in [1.165, 1.54) is 47.3 Å². The molecule has 20 heavy (non-hydrogen) atoms. The number of methoxy groups -OCH3 is 1. The van der Waals surface area contributed by atoms with E-state index in [9.17, 15) is 0 Å². The Morgan fingerprint density at radius 1 is 1.15 bits per heavy atom. The lowest BCUT2D eigenvalue weighted by Crippen LogP contribution is -2.18. The van der Waals surface area contributed by atoms with Crippen LogP contribution in [-0.4, -0.2) is 14.2 Å². The van der Waals surface area contributed by atoms with E-state index >= 15 is 0 Å². The lowest BCUT2D eigenvalue weighted by molar-refractivity contribution is 0.408. The predicted molar refractivity (Wildman–Crippen MR) is 84.9 cm³/mol. The summed E-state index contributed by atoms with van der Waals surface area (Å²) < 4.78 is 5.47. The van der Waals surface area contributed by atoms with E-state index in [4.69, 9.17) is 4.74 Å². The minimum Gasteiger partial charge on any atom is -0.496 e. The molecule has 3 rings (SSSR count). The largest absolute Gasteiger partial charge is 0.496 e. The normalized spacial score (nSPS) is 15.7. The third-order valence-corrected chi connectivity index (χ3v) is 5.10. The second-order valence-electron chi connectivity index (χ2n) is 5.31. The third-order valence-electron chi connectivity index (χ3n) is 4.13. The summed E-state index contributed by atoms with van der Waals surface area (Å²) in [5.74, 6) is 0.979. The van der Waals surface area contributed by atoms with Crippen LogP contribution in [-0.2, 0) is 12.8 Å². The Kier molecular flexibility index (Phi) is 4.08. The number of nitrogens with one attached hydrogen (secondary N) is 1. The van der Waals surface area contributed by atoms with Crippen LogP contribution < -0.4 is 10.1 Å². The Hall–Kier alpha value is -1.32. The average molecular weight is 287 g/mol. The summed E-state index contributed by atoms with van der Waals surface area (Å²) in [6.45, 7) is 0. The van der Waals surface area contributed by atoms with Crippen molar-refractivity contribution in [1.82, 2.24) is 5.32 Å². The van der Waals surface area contributed by atoms with Crippen LogP contribution in [0, 0.1) is 0 Å². The molecule has 3 heteroatoms. The summed E-state index contributed by atoms with van der Waals surface area (Å²) in [4.78, 5) is 1.26. The monoisotopic (exact) mass is 287 g/mol. The fourth-order valence-corrected chi connectivity index (χ4v) is 4.07. The van der Waals surface area contributed by atoms with Crippen molar-refractivity contribution in [3.8, 4) is 5.75 Å². The Labute approximate surface area is 124 Å². The molecule has 1 aromatic heterocycles. The Bertz CT molecular complexity index is 590. The van der Waals surface area contributed by atoms with Gasteiger partial charge >= 0.3 is 0 Å². The van der Waals surface area contributed by atoms with Crippen LogP contribution in [0.2, 0.25) is 0 Å². The molecule has 0 saturated carbocycles. The first kappa shape index (κ1) is 13.7. The Morgan fingerprint density at radius 3 is 2.70 bits per heavy atom. The van der Waals surface area contributed by atoms with Crippen molar-refractivity contribution >= 4 is 11.3 Å². The molecule has 1 aliphatic carbocycles. The van der Waals surface area contributed by atoms with Gasteiger partial charge in [0.05, 0.1) is 18.0 Å². The maximum Gasteiger partial charge on any atom is 0.134 e. The van der Waals surface area contributed by atoms with Gasteiger partial charge in [0.15, 0.2) is 0 Å². The van der Waals surface area contributed by atoms with Crippen molar-refractivity contribution in [3.05, 3.63) is 51.2 Å². The Morgan fingerprint density at radius 2 is 1.95 bits per heavy atom. The fourth-order valence-electron chi connectivity index (χ4n) is 3.07. The van der Waals surface area contributed by atoms with E-state index < -0.39 is 0 Å². The van der Waals surface area contributed by atoms with Crippen LogP contribution in [0.5, 0.6) is 5.75 Å². The van der Waals surface area contributed by atoms with Gasteiger partial charge in [-0.3, -0.25) is 0 Å². The summed E-state index contributed by atoms with van der Waals surface area (Å²) in [6, 6.07) is 9.23. The maximum absolute atomic E-state index is 5.47. The first-order valence-electron chi connectivity index (χ1n) is 7.24. The van der Waals surface area contributed by atoms with Gasteiger partial charge < -0.3 is 10.1 Å². The van der Waals surface area contributed by atoms with Gasteiger partial charge in [-0.25, -0.2) is 0 Å². The molecule has 1 heterocycles. The van der Waals surface area contributed by atoms with Crippen LogP contribution in [0.4, 0.5) is 0 Å². The lowest BCUT2D eigenvalue weighted by atomic mass is 9.89. The molecule has 0 amide bonds. The van der Waals surface area contributed by atoms with Gasteiger partial charge in [0, 0.05) is 0 Å². The van der Waals surface area contributed by atoms with E-state index in [-0.39, 0.29) is 6.04 Å². The van der Waals surface area contributed by atoms with Gasteiger partial charge in [-0.2, -0.15) is 0 Å². The molecule has 1 N–H and O–H groups in total. The minimum atomic E-state index is 0.220. The number of thiophene rings is 1. The number of hydrogen-bond acceptors (Lipinski definition) is 3. The zero-order valence-corrected chi connectivity index (χ0v) is 12.9. The van der Waals surface area contributed by atoms with Gasteiger partial charge in [0.25, 0.3) is 0 Å². The van der Waals surface area contributed by atoms with Gasteiger partial charge in [-0.15, -0.1) is 11.3 Å². The topological polar surface area (TPSA) is 21.3 Å². The zero-order valence-electron chi connectivity index (χ0n) is 12.1. The highest BCUT2D eigenvalue weighted by atomic mass is 32.1. The van der Waals surface area contributed by atoms with E-state index in [1.54, 1.807) is 18.4 Å². The van der Waals surface area contributed by atoms with Crippen LogP contribution in [0.25, 0.3) is 0 Å². The molecule has 0 spiro atoms. The van der Waals surface area contributed by atoms with Gasteiger partial charge in [0.2, 0.25) is 0 Å². The molecule has 0 fully saturated rings. The van der Waals surface area contributed by atoms with Crippen molar-refractivity contribution in [1.29, 1.82) is 0 Å². The zero-order chi connectivity index (χ0) is 13.9. The number of hydrogen-bond donors (Lipinski definition) is 1. The summed E-state index contributed by atoms with van der Waals surface area (Å²) in [7, 11) is 3.76. The molecule has 1 atom stereocenters. The molecule has 1 aromatic carbocycles. The number of ether oxygens (including phenoxy) is 1. The van der Waals surface area contributed by atoms with Gasteiger partial charge in [-0.1, -0.05) is 18.2 Å². The van der Waals surface area contributed by atoms with Crippen molar-refractivity contribution in [3.63, 3.8) is 0 Å². The summed E-state index contributed by atoms with van der Waals surface area (Å²) >= 11 is 1.75. The quantitative estimate of drug-likeness (QED) is 0.919. The summed E-state index contributed by atoms with van der Waals surface area (Å²) in [6.07, 6.45) is 5.12. The molecule has 0 bridgehead atoms. The van der Waals surface area contributed by atoms with E-state index in [2.05, 4.69) is 28.9 Å². The molecule has 2 nitrogen and oxygen atoms in total. The molecule has 1 aliphatic rings. The molecular weight excluding hydrogens is 266 g/mol. The van der Waals surface area contributed by atoms with Gasteiger partial charge in [-0.05, 0) is 60.9 Å². The van der Waals surface area contributed by atoms with Crippen molar-refractivity contribution in [2.45, 2.75) is 31.7 Å². The minimum absolute atomic E-state index is 0.220. The molecular formula is C17H21NOS. The molecule has 0 aliphatic heterocycles. The predicted octanol–water partition coefficient (Wildman–Crippen LogP) is 3.94. The van der Waals surface area contributed by atoms with E-state index in [0.717, 1.165) is 5.75 Å². The number of benzene rings is 1. The summed E-state index contributed by atoms with van der Waals surface area (Å²) in [5, 5.41) is 5.53. The first-order chi connectivity index (χ1) is 9.83. The van der Waals surface area contributed by atoms with Crippen LogP contribution in [0.3, 0.4) is 0 Å². The standard InChI is InChI=1S/C17H21NOS/c1-18-16(17-15(19-2)9-10-20-17)14-8-7-12-5-3-4-6-13(12)11-14/h7-11,16,18H,3-6H2,1-2H3. The fraction of sp³-hybridized carbons (Fsp3) is 0.412. The SMILES string of the molecule is CNC(c1ccc2c(c1)CCCC2)c1sccc1OC. The van der Waals surface area contributed by atoms with Crippen molar-refractivity contribution in [2.24, 2.45) is 0 Å². The summed E-state index contributed by atoms with van der Waals surface area (Å²) in [5.41, 5.74) is 4.41. The second kappa shape index (κ2) is 5.98. The average Bonchev–Trinajstić information content (AvgIpc) is 2.96. The van der Waals surface area contributed by atoms with Crippen LogP contribution in [0.1, 0.15) is 40.5 Å². The van der Waals surface area contributed by atoms with Crippen LogP contribution in [0.15, 0.2) is 29.6 Å². The third kappa shape index (κ3) is 2.48. The van der Waals surface area contributed by atoms with Crippen molar-refractivity contribution in [2.75, 3.05) is 14.2 Å². The van der Waals surface area contributed by atoms with E-state index in [0.29, 0.717) is 0 Å². The smallest absolute Gasteiger partial charge is 0.134 e. The van der Waals surface area contributed by atoms with Crippen LogP contribution >= 0.6 is 11.3 Å². The molecule has 1 unspecified atom stereocenters. The van der Waals surface area contributed by atoms with E-state index in [1.807, 2.05) is 13.1 Å². The number of fused-ring (bicyclic) bond motifs is 1. The Balaban J connectivity index is 1.97. The van der Waals surface area contributed by atoms with Gasteiger partial charge in [0.1, 0.15) is 5.75 Å².